The molecular formula is C22H20BrN7O2. The van der Waals surface area contributed by atoms with Crippen LogP contribution >= 0.6 is 15.9 Å². The minimum atomic E-state index is -0.0497. The summed E-state index contributed by atoms with van der Waals surface area (Å²) < 4.78 is 7.13. The number of benzene rings is 1. The van der Waals surface area contributed by atoms with Crippen LogP contribution < -0.4 is 9.64 Å². The van der Waals surface area contributed by atoms with E-state index in [0.29, 0.717) is 43.3 Å². The lowest BCUT2D eigenvalue weighted by Crippen LogP contribution is -2.48. The number of carbonyl (C=O) groups excluding carboxylic acids is 1. The number of hydrogen-bond donors (Lipinski definition) is 1. The van der Waals surface area contributed by atoms with E-state index in [9.17, 15) is 4.79 Å². The zero-order valence-corrected chi connectivity index (χ0v) is 19.0. The number of piperazine rings is 1. The summed E-state index contributed by atoms with van der Waals surface area (Å²) >= 11 is 3.63. The molecule has 9 nitrogen and oxygen atoms in total. The molecule has 1 fully saturated rings. The van der Waals surface area contributed by atoms with E-state index in [1.165, 1.54) is 12.4 Å². The number of nitrogens with one attached hydrogen (secondary N) is 1. The van der Waals surface area contributed by atoms with E-state index < -0.39 is 0 Å². The number of hydrogen-bond acceptors (Lipinski definition) is 7. The van der Waals surface area contributed by atoms with Crippen LogP contribution in [0.4, 0.5) is 5.82 Å². The number of rotatable bonds is 4. The molecule has 4 aromatic rings. The summed E-state index contributed by atoms with van der Waals surface area (Å²) in [5.74, 6) is 1.77. The summed E-state index contributed by atoms with van der Waals surface area (Å²) in [4.78, 5) is 29.3. The summed E-state index contributed by atoms with van der Waals surface area (Å²) in [5, 5.41) is 8.80. The number of nitrogens with zero attached hydrogens (tertiary/aromatic N) is 6. The first kappa shape index (κ1) is 20.4. The van der Waals surface area contributed by atoms with Gasteiger partial charge < -0.3 is 14.5 Å². The summed E-state index contributed by atoms with van der Waals surface area (Å²) in [6.07, 6.45) is 6.29. The molecule has 1 aromatic carbocycles. The number of H-pyrrole nitrogens is 1. The Balaban J connectivity index is 1.51. The molecular weight excluding hydrogens is 474 g/mol. The van der Waals surface area contributed by atoms with Gasteiger partial charge in [-0.2, -0.15) is 5.10 Å². The second-order valence-corrected chi connectivity index (χ2v) is 8.29. The summed E-state index contributed by atoms with van der Waals surface area (Å²) in [6, 6.07) is 3.89. The van der Waals surface area contributed by atoms with E-state index in [0.717, 1.165) is 32.1 Å². The fraction of sp³-hybridized carbons (Fsp3) is 0.227. The van der Waals surface area contributed by atoms with Gasteiger partial charge in [0, 0.05) is 37.8 Å². The summed E-state index contributed by atoms with van der Waals surface area (Å²) in [6.45, 7) is 8.12. The molecule has 4 heterocycles. The van der Waals surface area contributed by atoms with Crippen molar-refractivity contribution in [1.82, 2.24) is 30.0 Å². The van der Waals surface area contributed by atoms with Crippen molar-refractivity contribution >= 4 is 49.5 Å². The standard InChI is InChI=1S/C22H20BrN7O2/c1-3-17(31)29-6-8-30(9-7-29)21-14-4-5-24-22(19(14)25-12-26-21)32-20-15-11-27-28-16(15)10-13(2)18(20)23/h3-5,10-12H,1,6-9H2,2H3,(H,27,28). The van der Waals surface area contributed by atoms with Crippen LogP contribution in [0.5, 0.6) is 11.6 Å². The first-order chi connectivity index (χ1) is 15.6. The van der Waals surface area contributed by atoms with Gasteiger partial charge in [0.1, 0.15) is 17.7 Å². The van der Waals surface area contributed by atoms with Crippen molar-refractivity contribution in [3.05, 3.63) is 53.5 Å². The highest BCUT2D eigenvalue weighted by atomic mass is 79.9. The van der Waals surface area contributed by atoms with Crippen molar-refractivity contribution in [2.24, 2.45) is 0 Å². The summed E-state index contributed by atoms with van der Waals surface area (Å²) in [7, 11) is 0. The molecule has 32 heavy (non-hydrogen) atoms. The van der Waals surface area contributed by atoms with Crippen LogP contribution in [0.1, 0.15) is 5.56 Å². The maximum Gasteiger partial charge on any atom is 0.246 e. The Morgan fingerprint density at radius 1 is 1.22 bits per heavy atom. The number of halogens is 1. The van der Waals surface area contributed by atoms with Crippen LogP contribution in [-0.2, 0) is 4.79 Å². The van der Waals surface area contributed by atoms with Crippen LogP contribution in [-0.4, -0.2) is 62.1 Å². The maximum absolute atomic E-state index is 11.9. The smallest absolute Gasteiger partial charge is 0.246 e. The first-order valence-corrected chi connectivity index (χ1v) is 10.9. The normalized spacial score (nSPS) is 14.2. The zero-order valence-electron chi connectivity index (χ0n) is 17.4. The van der Waals surface area contributed by atoms with Crippen molar-refractivity contribution in [2.45, 2.75) is 6.92 Å². The SMILES string of the molecule is C=CC(=O)N1CCN(c2ncnc3c(Oc4c(Br)c(C)cc5[nH]ncc45)nccc23)CC1. The monoisotopic (exact) mass is 493 g/mol. The van der Waals surface area contributed by atoms with Crippen LogP contribution in [0, 0.1) is 6.92 Å². The van der Waals surface area contributed by atoms with Gasteiger partial charge in [0.15, 0.2) is 5.75 Å². The van der Waals surface area contributed by atoms with Gasteiger partial charge in [-0.25, -0.2) is 15.0 Å². The predicted octanol–water partition coefficient (Wildman–Crippen LogP) is 3.60. The number of anilines is 1. The molecule has 0 saturated carbocycles. The second kappa shape index (κ2) is 8.19. The lowest BCUT2D eigenvalue weighted by Gasteiger charge is -2.35. The van der Waals surface area contributed by atoms with Gasteiger partial charge >= 0.3 is 0 Å². The number of ether oxygens (including phenoxy) is 1. The molecule has 162 valence electrons. The number of pyridine rings is 1. The molecule has 5 rings (SSSR count). The van der Waals surface area contributed by atoms with Crippen LogP contribution in [0.25, 0.3) is 21.8 Å². The third kappa shape index (κ3) is 3.46. The van der Waals surface area contributed by atoms with E-state index in [1.807, 2.05) is 19.1 Å². The van der Waals surface area contributed by atoms with E-state index in [2.05, 4.69) is 52.6 Å². The second-order valence-electron chi connectivity index (χ2n) is 7.50. The molecule has 0 aliphatic carbocycles. The highest BCUT2D eigenvalue weighted by molar-refractivity contribution is 9.10. The topological polar surface area (TPSA) is 100 Å². The number of carbonyl (C=O) groups is 1. The third-order valence-corrected chi connectivity index (χ3v) is 6.57. The quantitative estimate of drug-likeness (QED) is 0.433. The molecule has 1 aliphatic heterocycles. The van der Waals surface area contributed by atoms with Crippen molar-refractivity contribution in [2.75, 3.05) is 31.1 Å². The molecule has 0 bridgehead atoms. The number of aromatic nitrogens is 5. The van der Waals surface area contributed by atoms with Crippen LogP contribution in [0.2, 0.25) is 0 Å². The molecule has 1 aliphatic rings. The van der Waals surface area contributed by atoms with Crippen molar-refractivity contribution in [3.8, 4) is 11.6 Å². The van der Waals surface area contributed by atoms with Gasteiger partial charge in [0.25, 0.3) is 0 Å². The average molecular weight is 494 g/mol. The van der Waals surface area contributed by atoms with E-state index in [1.54, 1.807) is 17.3 Å². The van der Waals surface area contributed by atoms with Crippen molar-refractivity contribution < 1.29 is 9.53 Å². The van der Waals surface area contributed by atoms with E-state index in [4.69, 9.17) is 4.74 Å². The Bertz CT molecular complexity index is 1350. The predicted molar refractivity (Wildman–Crippen MR) is 125 cm³/mol. The molecule has 1 N–H and O–H groups in total. The molecule has 0 radical (unpaired) electrons. The fourth-order valence-electron chi connectivity index (χ4n) is 3.91. The lowest BCUT2D eigenvalue weighted by atomic mass is 10.1. The third-order valence-electron chi connectivity index (χ3n) is 5.58. The average Bonchev–Trinajstić information content (AvgIpc) is 3.29. The van der Waals surface area contributed by atoms with Crippen molar-refractivity contribution in [3.63, 3.8) is 0 Å². The van der Waals surface area contributed by atoms with Gasteiger partial charge in [0.05, 0.1) is 21.6 Å². The lowest BCUT2D eigenvalue weighted by molar-refractivity contribution is -0.126. The van der Waals surface area contributed by atoms with Crippen molar-refractivity contribution in [1.29, 1.82) is 0 Å². The Labute approximate surface area is 192 Å². The highest BCUT2D eigenvalue weighted by Gasteiger charge is 2.23. The fourth-order valence-corrected chi connectivity index (χ4v) is 4.31. The first-order valence-electron chi connectivity index (χ1n) is 10.1. The molecule has 1 amide bonds. The Kier molecular flexibility index (Phi) is 5.22. The molecule has 10 heteroatoms. The number of aryl methyl sites for hydroxylation is 1. The van der Waals surface area contributed by atoms with Gasteiger partial charge in [0.2, 0.25) is 11.8 Å². The van der Waals surface area contributed by atoms with Gasteiger partial charge in [-0.1, -0.05) is 6.58 Å². The van der Waals surface area contributed by atoms with Gasteiger partial charge in [-0.15, -0.1) is 0 Å². The van der Waals surface area contributed by atoms with E-state index >= 15 is 0 Å². The number of aromatic amines is 1. The van der Waals surface area contributed by atoms with E-state index in [-0.39, 0.29) is 5.91 Å². The molecule has 1 saturated heterocycles. The van der Waals surface area contributed by atoms with Crippen LogP contribution in [0.3, 0.4) is 0 Å². The maximum atomic E-state index is 11.9. The Morgan fingerprint density at radius 2 is 2.03 bits per heavy atom. The van der Waals surface area contributed by atoms with Gasteiger partial charge in [-0.3, -0.25) is 9.89 Å². The Hall–Kier alpha value is -3.53. The molecule has 0 atom stereocenters. The zero-order chi connectivity index (χ0) is 22.2. The van der Waals surface area contributed by atoms with Crippen LogP contribution in [0.15, 0.2) is 48.0 Å². The molecule has 0 spiro atoms. The number of fused-ring (bicyclic) bond motifs is 2. The molecule has 0 unspecified atom stereocenters. The molecule has 3 aromatic heterocycles. The minimum Gasteiger partial charge on any atom is -0.435 e. The largest absolute Gasteiger partial charge is 0.435 e. The summed E-state index contributed by atoms with van der Waals surface area (Å²) in [5.41, 5.74) is 2.51. The van der Waals surface area contributed by atoms with Gasteiger partial charge in [-0.05, 0) is 46.6 Å². The Morgan fingerprint density at radius 3 is 2.81 bits per heavy atom. The number of amides is 1. The highest BCUT2D eigenvalue weighted by Crippen LogP contribution is 2.40. The minimum absolute atomic E-state index is 0.0497.